The molecule has 1 aliphatic heterocycles. The van der Waals surface area contributed by atoms with E-state index in [1.54, 1.807) is 24.3 Å². The zero-order valence-corrected chi connectivity index (χ0v) is 15.0. The highest BCUT2D eigenvalue weighted by Gasteiger charge is 2.38. The molecule has 0 radical (unpaired) electrons. The van der Waals surface area contributed by atoms with Crippen LogP contribution in [0.25, 0.3) is 0 Å². The number of halogens is 4. The summed E-state index contributed by atoms with van der Waals surface area (Å²) >= 11 is 6.06. The van der Waals surface area contributed by atoms with E-state index in [4.69, 9.17) is 17.3 Å². The van der Waals surface area contributed by atoms with E-state index < -0.39 is 30.4 Å². The first-order valence-electron chi connectivity index (χ1n) is 8.11. The Labute approximate surface area is 163 Å². The molecule has 0 aromatic heterocycles. The van der Waals surface area contributed by atoms with E-state index in [2.05, 4.69) is 10.1 Å². The maximum absolute atomic E-state index is 12.4. The number of carbonyl (C=O) groups is 2. The second-order valence-corrected chi connectivity index (χ2v) is 6.57. The molecule has 1 aliphatic rings. The fourth-order valence-electron chi connectivity index (χ4n) is 3.02. The first kappa shape index (κ1) is 19.8. The number of nitrogens with zero attached hydrogens (tertiary/aromatic N) is 1. The summed E-state index contributed by atoms with van der Waals surface area (Å²) in [6.07, 6.45) is -4.81. The van der Waals surface area contributed by atoms with Crippen molar-refractivity contribution in [1.29, 1.82) is 0 Å². The number of benzene rings is 2. The molecule has 1 saturated heterocycles. The van der Waals surface area contributed by atoms with Crippen molar-refractivity contribution < 1.29 is 27.5 Å². The van der Waals surface area contributed by atoms with Crippen LogP contribution in [0.4, 0.5) is 18.0 Å². The molecule has 3 N–H and O–H groups in total. The van der Waals surface area contributed by atoms with E-state index in [9.17, 15) is 22.8 Å². The van der Waals surface area contributed by atoms with Crippen molar-refractivity contribution in [2.75, 3.05) is 6.54 Å². The van der Waals surface area contributed by atoms with Gasteiger partial charge in [-0.15, -0.1) is 13.2 Å². The highest BCUT2D eigenvalue weighted by Crippen LogP contribution is 2.33. The normalized spacial score (nSPS) is 17.9. The summed E-state index contributed by atoms with van der Waals surface area (Å²) in [4.78, 5) is 25.2. The molecule has 2 atom stereocenters. The molecule has 148 valence electrons. The van der Waals surface area contributed by atoms with Crippen molar-refractivity contribution in [2.45, 2.75) is 18.4 Å². The topological polar surface area (TPSA) is 84.7 Å². The number of hydrogen-bond donors (Lipinski definition) is 2. The molecule has 10 heteroatoms. The number of alkyl halides is 3. The van der Waals surface area contributed by atoms with Gasteiger partial charge in [-0.05, 0) is 35.4 Å². The molecule has 1 unspecified atom stereocenters. The van der Waals surface area contributed by atoms with Gasteiger partial charge in [-0.1, -0.05) is 35.9 Å². The van der Waals surface area contributed by atoms with Crippen molar-refractivity contribution >= 4 is 23.5 Å². The summed E-state index contributed by atoms with van der Waals surface area (Å²) in [6.45, 7) is 0.00610. The number of amides is 3. The minimum Gasteiger partial charge on any atom is -0.406 e. The summed E-state index contributed by atoms with van der Waals surface area (Å²) in [5, 5.41) is 2.91. The van der Waals surface area contributed by atoms with Crippen LogP contribution >= 0.6 is 11.6 Å². The average Bonchev–Trinajstić information content (AvgIpc) is 2.97. The maximum Gasteiger partial charge on any atom is 0.573 e. The molecule has 1 fully saturated rings. The first-order valence-corrected chi connectivity index (χ1v) is 8.49. The van der Waals surface area contributed by atoms with Crippen LogP contribution in [0.3, 0.4) is 0 Å². The number of ether oxygens (including phenoxy) is 1. The van der Waals surface area contributed by atoms with Crippen LogP contribution in [-0.2, 0) is 4.79 Å². The zero-order valence-electron chi connectivity index (χ0n) is 14.2. The van der Waals surface area contributed by atoms with Gasteiger partial charge >= 0.3 is 12.4 Å². The zero-order chi connectivity index (χ0) is 20.5. The fourth-order valence-corrected chi connectivity index (χ4v) is 3.22. The molecule has 3 rings (SSSR count). The van der Waals surface area contributed by atoms with Crippen LogP contribution < -0.4 is 15.8 Å². The van der Waals surface area contributed by atoms with Crippen LogP contribution in [0.2, 0.25) is 5.02 Å². The predicted molar refractivity (Wildman–Crippen MR) is 94.6 cm³/mol. The molecule has 0 saturated carbocycles. The number of urea groups is 1. The summed E-state index contributed by atoms with van der Waals surface area (Å²) in [5.41, 5.74) is 6.41. The highest BCUT2D eigenvalue weighted by molar-refractivity contribution is 6.30. The van der Waals surface area contributed by atoms with Crippen molar-refractivity contribution in [3.8, 4) is 5.75 Å². The van der Waals surface area contributed by atoms with Gasteiger partial charge in [0.25, 0.3) is 0 Å². The van der Waals surface area contributed by atoms with Crippen molar-refractivity contribution in [2.24, 2.45) is 5.73 Å². The fraction of sp³-hybridized carbons (Fsp3) is 0.222. The first-order chi connectivity index (χ1) is 13.1. The third-order valence-electron chi connectivity index (χ3n) is 4.19. The Morgan fingerprint density at radius 2 is 1.89 bits per heavy atom. The van der Waals surface area contributed by atoms with E-state index in [1.807, 2.05) is 0 Å². The lowest BCUT2D eigenvalue weighted by Crippen LogP contribution is -2.39. The second kappa shape index (κ2) is 7.59. The molecule has 1 heterocycles. The molecule has 0 spiro atoms. The SMILES string of the molecule is NC(=O)C1CN([C@H](c2ccc(OC(F)(F)F)cc2)c2cccc(Cl)c2)C(=O)N1. The standard InChI is InChI=1S/C18H15ClF3N3O3/c19-12-3-1-2-11(8-12)15(25-9-14(16(23)26)24-17(25)27)10-4-6-13(7-5-10)28-18(20,21)22/h1-8,14-15H,9H2,(H2,23,26)(H,24,27)/t14?,15-/m1/s1. The number of rotatable bonds is 5. The predicted octanol–water partition coefficient (Wildman–Crippen LogP) is 3.21. The van der Waals surface area contributed by atoms with E-state index in [0.717, 1.165) is 12.1 Å². The Balaban J connectivity index is 1.98. The summed E-state index contributed by atoms with van der Waals surface area (Å²) < 4.78 is 41.0. The Morgan fingerprint density at radius 3 is 2.43 bits per heavy atom. The van der Waals surface area contributed by atoms with Crippen molar-refractivity contribution in [3.05, 3.63) is 64.7 Å². The van der Waals surface area contributed by atoms with Crippen LogP contribution in [0.5, 0.6) is 5.75 Å². The summed E-state index contributed by atoms with van der Waals surface area (Å²) in [6, 6.07) is 9.74. The average molecular weight is 414 g/mol. The smallest absolute Gasteiger partial charge is 0.406 e. The van der Waals surface area contributed by atoms with E-state index in [0.29, 0.717) is 16.1 Å². The number of nitrogens with two attached hydrogens (primary N) is 1. The second-order valence-electron chi connectivity index (χ2n) is 6.13. The Kier molecular flexibility index (Phi) is 5.37. The number of nitrogens with one attached hydrogen (secondary N) is 1. The van der Waals surface area contributed by atoms with Gasteiger partial charge in [-0.3, -0.25) is 4.79 Å². The van der Waals surface area contributed by atoms with E-state index in [-0.39, 0.29) is 12.3 Å². The third-order valence-corrected chi connectivity index (χ3v) is 4.42. The van der Waals surface area contributed by atoms with Gasteiger partial charge in [0.15, 0.2) is 0 Å². The maximum atomic E-state index is 12.4. The van der Waals surface area contributed by atoms with Gasteiger partial charge in [-0.2, -0.15) is 0 Å². The largest absolute Gasteiger partial charge is 0.573 e. The quantitative estimate of drug-likeness (QED) is 0.789. The van der Waals surface area contributed by atoms with Crippen LogP contribution in [-0.4, -0.2) is 35.8 Å². The van der Waals surface area contributed by atoms with Crippen molar-refractivity contribution in [1.82, 2.24) is 10.2 Å². The Hall–Kier alpha value is -2.94. The van der Waals surface area contributed by atoms with E-state index in [1.165, 1.54) is 17.0 Å². The monoisotopic (exact) mass is 413 g/mol. The van der Waals surface area contributed by atoms with Gasteiger partial charge < -0.3 is 20.7 Å². The summed E-state index contributed by atoms with van der Waals surface area (Å²) in [7, 11) is 0. The summed E-state index contributed by atoms with van der Waals surface area (Å²) in [5.74, 6) is -1.07. The van der Waals surface area contributed by atoms with Gasteiger partial charge in [0.1, 0.15) is 11.8 Å². The van der Waals surface area contributed by atoms with Gasteiger partial charge in [0, 0.05) is 5.02 Å². The van der Waals surface area contributed by atoms with E-state index >= 15 is 0 Å². The van der Waals surface area contributed by atoms with Gasteiger partial charge in [0.05, 0.1) is 12.6 Å². The molecule has 28 heavy (non-hydrogen) atoms. The highest BCUT2D eigenvalue weighted by atomic mass is 35.5. The Bertz CT molecular complexity index is 890. The molecule has 0 bridgehead atoms. The van der Waals surface area contributed by atoms with Gasteiger partial charge in [0.2, 0.25) is 5.91 Å². The number of carbonyl (C=O) groups excluding carboxylic acids is 2. The molecular formula is C18H15ClF3N3O3. The Morgan fingerprint density at radius 1 is 1.21 bits per heavy atom. The molecule has 3 amide bonds. The third kappa shape index (κ3) is 4.48. The molecule has 2 aromatic carbocycles. The molecule has 0 aliphatic carbocycles. The van der Waals surface area contributed by atoms with Crippen LogP contribution in [0, 0.1) is 0 Å². The lowest BCUT2D eigenvalue weighted by atomic mass is 9.97. The lowest BCUT2D eigenvalue weighted by Gasteiger charge is -2.28. The van der Waals surface area contributed by atoms with Crippen molar-refractivity contribution in [3.63, 3.8) is 0 Å². The molecule has 6 nitrogen and oxygen atoms in total. The number of primary amides is 1. The van der Waals surface area contributed by atoms with Crippen LogP contribution in [0.15, 0.2) is 48.5 Å². The molecular weight excluding hydrogens is 399 g/mol. The molecule has 2 aromatic rings. The minimum absolute atomic E-state index is 0.00610. The number of hydrogen-bond acceptors (Lipinski definition) is 3. The van der Waals surface area contributed by atoms with Gasteiger partial charge in [-0.25, -0.2) is 4.79 Å². The van der Waals surface area contributed by atoms with Crippen LogP contribution in [0.1, 0.15) is 17.2 Å². The lowest BCUT2D eigenvalue weighted by molar-refractivity contribution is -0.274. The minimum atomic E-state index is -4.81.